The lowest BCUT2D eigenvalue weighted by Gasteiger charge is -2.18. The molecule has 0 saturated carbocycles. The molecule has 1 aromatic rings. The summed E-state index contributed by atoms with van der Waals surface area (Å²) < 4.78 is 13.5. The first-order valence-electron chi connectivity index (χ1n) is 4.01. The number of rotatable bonds is 1. The fourth-order valence-electron chi connectivity index (χ4n) is 1.14. The van der Waals surface area contributed by atoms with E-state index in [4.69, 9.17) is 0 Å². The van der Waals surface area contributed by atoms with E-state index in [1.54, 1.807) is 0 Å². The summed E-state index contributed by atoms with van der Waals surface area (Å²) in [5.41, 5.74) is 0. The van der Waals surface area contributed by atoms with Gasteiger partial charge < -0.3 is 5.11 Å². The molecule has 1 rings (SSSR count). The molecule has 72 valence electrons. The summed E-state index contributed by atoms with van der Waals surface area (Å²) in [6.07, 6.45) is 0. The number of aromatic hydroxyl groups is 1. The molecule has 0 spiro atoms. The fourth-order valence-corrected chi connectivity index (χ4v) is 3.17. The minimum absolute atomic E-state index is 0.181. The van der Waals surface area contributed by atoms with Crippen LogP contribution in [0.15, 0.2) is 16.6 Å². The standard InChI is InChI=1S/C9H12BrFOSi/c1-13(2,3)8-5-6(11)4-7(10)9(8)12/h4-5,12H,1-3H3. The summed E-state index contributed by atoms with van der Waals surface area (Å²) in [7, 11) is -1.66. The van der Waals surface area contributed by atoms with Crippen LogP contribution in [0.25, 0.3) is 0 Å². The highest BCUT2D eigenvalue weighted by Crippen LogP contribution is 2.24. The van der Waals surface area contributed by atoms with Crippen LogP contribution in [0, 0.1) is 5.82 Å². The van der Waals surface area contributed by atoms with Crippen molar-refractivity contribution in [2.24, 2.45) is 0 Å². The molecule has 13 heavy (non-hydrogen) atoms. The predicted octanol–water partition coefficient (Wildman–Crippen LogP) is 2.84. The van der Waals surface area contributed by atoms with E-state index in [0.717, 1.165) is 5.19 Å². The molecule has 1 nitrogen and oxygen atoms in total. The maximum atomic E-state index is 13.0. The average Bonchev–Trinajstić information content (AvgIpc) is 1.94. The Hall–Kier alpha value is -0.353. The van der Waals surface area contributed by atoms with Gasteiger partial charge in [0.05, 0.1) is 12.5 Å². The molecule has 0 aliphatic carbocycles. The molecule has 0 saturated heterocycles. The maximum absolute atomic E-state index is 13.0. The molecule has 0 atom stereocenters. The molecule has 0 aliphatic heterocycles. The second-order valence-corrected chi connectivity index (χ2v) is 9.93. The third-order valence-corrected chi connectivity index (χ3v) is 4.44. The average molecular weight is 263 g/mol. The highest BCUT2D eigenvalue weighted by Gasteiger charge is 2.22. The zero-order valence-corrected chi connectivity index (χ0v) is 10.4. The van der Waals surface area contributed by atoms with Crippen LogP contribution in [0.5, 0.6) is 5.75 Å². The number of benzene rings is 1. The lowest BCUT2D eigenvalue weighted by molar-refractivity contribution is 0.473. The van der Waals surface area contributed by atoms with E-state index in [0.29, 0.717) is 4.47 Å². The van der Waals surface area contributed by atoms with Crippen LogP contribution < -0.4 is 5.19 Å². The molecule has 0 amide bonds. The summed E-state index contributed by atoms with van der Waals surface area (Å²) in [6.45, 7) is 6.19. The Morgan fingerprint density at radius 1 is 1.31 bits per heavy atom. The molecule has 0 radical (unpaired) electrons. The van der Waals surface area contributed by atoms with Crippen molar-refractivity contribution in [2.45, 2.75) is 19.6 Å². The number of hydrogen-bond acceptors (Lipinski definition) is 1. The molecule has 1 N–H and O–H groups in total. The number of halogens is 2. The Labute approximate surface area is 86.7 Å². The van der Waals surface area contributed by atoms with Gasteiger partial charge in [0.15, 0.2) is 0 Å². The van der Waals surface area contributed by atoms with E-state index in [-0.39, 0.29) is 11.6 Å². The van der Waals surface area contributed by atoms with Gasteiger partial charge in [-0.2, -0.15) is 0 Å². The SMILES string of the molecule is C[Si](C)(C)c1cc(F)cc(Br)c1O. The molecule has 1 aromatic carbocycles. The summed E-state index contributed by atoms with van der Waals surface area (Å²) in [5, 5.41) is 10.4. The topological polar surface area (TPSA) is 20.2 Å². The predicted molar refractivity (Wildman–Crippen MR) is 58.7 cm³/mol. The number of hydrogen-bond donors (Lipinski definition) is 1. The highest BCUT2D eigenvalue weighted by atomic mass is 79.9. The van der Waals surface area contributed by atoms with Gasteiger partial charge in [0.1, 0.15) is 11.6 Å². The molecule has 4 heteroatoms. The van der Waals surface area contributed by atoms with Gasteiger partial charge in [0, 0.05) is 0 Å². The maximum Gasteiger partial charge on any atom is 0.129 e. The Kier molecular flexibility index (Phi) is 2.82. The molecule has 0 aromatic heterocycles. The quantitative estimate of drug-likeness (QED) is 0.772. The Bertz CT molecular complexity index is 333. The van der Waals surface area contributed by atoms with Crippen LogP contribution in [-0.4, -0.2) is 13.2 Å². The van der Waals surface area contributed by atoms with Crippen molar-refractivity contribution in [3.63, 3.8) is 0 Å². The molecule has 0 bridgehead atoms. The molecule has 0 aliphatic rings. The van der Waals surface area contributed by atoms with Crippen molar-refractivity contribution in [3.05, 3.63) is 22.4 Å². The highest BCUT2D eigenvalue weighted by molar-refractivity contribution is 9.10. The first-order chi connectivity index (χ1) is 5.82. The zero-order valence-electron chi connectivity index (χ0n) is 7.86. The second kappa shape index (κ2) is 3.42. The lowest BCUT2D eigenvalue weighted by Crippen LogP contribution is -2.38. The van der Waals surface area contributed by atoms with E-state index < -0.39 is 8.07 Å². The largest absolute Gasteiger partial charge is 0.507 e. The van der Waals surface area contributed by atoms with E-state index >= 15 is 0 Å². The van der Waals surface area contributed by atoms with Gasteiger partial charge in [-0.1, -0.05) is 19.6 Å². The zero-order chi connectivity index (χ0) is 10.2. The summed E-state index contributed by atoms with van der Waals surface area (Å²) in [6, 6.07) is 2.70. The molecule has 0 heterocycles. The van der Waals surface area contributed by atoms with Crippen LogP contribution in [0.2, 0.25) is 19.6 Å². The lowest BCUT2D eigenvalue weighted by atomic mass is 10.3. The first-order valence-corrected chi connectivity index (χ1v) is 8.30. The van der Waals surface area contributed by atoms with Crippen LogP contribution in [-0.2, 0) is 0 Å². The first kappa shape index (κ1) is 10.7. The van der Waals surface area contributed by atoms with Crippen molar-refractivity contribution >= 4 is 29.2 Å². The van der Waals surface area contributed by atoms with Crippen molar-refractivity contribution in [3.8, 4) is 5.75 Å². The summed E-state index contributed by atoms with van der Waals surface area (Å²) >= 11 is 3.12. The molecular weight excluding hydrogens is 251 g/mol. The van der Waals surface area contributed by atoms with E-state index in [1.165, 1.54) is 12.1 Å². The van der Waals surface area contributed by atoms with Crippen molar-refractivity contribution < 1.29 is 9.50 Å². The molecular formula is C9H12BrFOSi. The van der Waals surface area contributed by atoms with Gasteiger partial charge in [-0.05, 0) is 33.2 Å². The summed E-state index contributed by atoms with van der Waals surface area (Å²) in [4.78, 5) is 0. The van der Waals surface area contributed by atoms with Gasteiger partial charge >= 0.3 is 0 Å². The van der Waals surface area contributed by atoms with Crippen LogP contribution in [0.4, 0.5) is 4.39 Å². The minimum atomic E-state index is -1.66. The van der Waals surface area contributed by atoms with Gasteiger partial charge in [-0.15, -0.1) is 0 Å². The van der Waals surface area contributed by atoms with Crippen LogP contribution in [0.1, 0.15) is 0 Å². The van der Waals surface area contributed by atoms with E-state index in [9.17, 15) is 9.50 Å². The Balaban J connectivity index is 3.37. The third-order valence-electron chi connectivity index (χ3n) is 1.84. The van der Waals surface area contributed by atoms with Crippen molar-refractivity contribution in [1.29, 1.82) is 0 Å². The van der Waals surface area contributed by atoms with E-state index in [2.05, 4.69) is 35.6 Å². The van der Waals surface area contributed by atoms with Crippen LogP contribution in [0.3, 0.4) is 0 Å². The third kappa shape index (κ3) is 2.31. The molecule has 0 unspecified atom stereocenters. The van der Waals surface area contributed by atoms with Crippen molar-refractivity contribution in [2.75, 3.05) is 0 Å². The normalized spacial score (nSPS) is 11.8. The van der Waals surface area contributed by atoms with E-state index in [1.807, 2.05) is 0 Å². The van der Waals surface area contributed by atoms with Gasteiger partial charge in [-0.25, -0.2) is 4.39 Å². The number of phenols is 1. The van der Waals surface area contributed by atoms with Crippen molar-refractivity contribution in [1.82, 2.24) is 0 Å². The van der Waals surface area contributed by atoms with Crippen LogP contribution >= 0.6 is 15.9 Å². The fraction of sp³-hybridized carbons (Fsp3) is 0.333. The van der Waals surface area contributed by atoms with Gasteiger partial charge in [0.2, 0.25) is 0 Å². The summed E-state index contributed by atoms with van der Waals surface area (Å²) in [5.74, 6) is -0.123. The second-order valence-electron chi connectivity index (χ2n) is 4.03. The minimum Gasteiger partial charge on any atom is -0.507 e. The van der Waals surface area contributed by atoms with Gasteiger partial charge in [-0.3, -0.25) is 0 Å². The Morgan fingerprint density at radius 2 is 1.85 bits per heavy atom. The Morgan fingerprint density at radius 3 is 2.31 bits per heavy atom. The number of phenolic OH excluding ortho intramolecular Hbond substituents is 1. The molecule has 0 fully saturated rings. The monoisotopic (exact) mass is 262 g/mol. The smallest absolute Gasteiger partial charge is 0.129 e. The van der Waals surface area contributed by atoms with Gasteiger partial charge in [0.25, 0.3) is 0 Å².